The van der Waals surface area contributed by atoms with Crippen molar-refractivity contribution >= 4 is 23.2 Å². The number of benzene rings is 2. The minimum Gasteiger partial charge on any atom is -0.494 e. The molecular weight excluding hydrogens is 364 g/mol. The van der Waals surface area contributed by atoms with Gasteiger partial charge in [-0.15, -0.1) is 0 Å². The van der Waals surface area contributed by atoms with Crippen LogP contribution in [0.2, 0.25) is 0 Å². The third-order valence-electron chi connectivity index (χ3n) is 3.72. The Kier molecular flexibility index (Phi) is 7.50. The van der Waals surface area contributed by atoms with Gasteiger partial charge >= 0.3 is 0 Å². The van der Waals surface area contributed by atoms with E-state index < -0.39 is 11.8 Å². The van der Waals surface area contributed by atoms with Crippen LogP contribution in [0.25, 0.3) is 0 Å². The highest BCUT2D eigenvalue weighted by molar-refractivity contribution is 6.08. The van der Waals surface area contributed by atoms with E-state index >= 15 is 0 Å². The number of hydrogen-bond acceptors (Lipinski definition) is 6. The molecule has 0 aliphatic rings. The number of amides is 2. The van der Waals surface area contributed by atoms with E-state index in [0.29, 0.717) is 41.0 Å². The SMILES string of the molecule is CCOc1ccc(NC(=O)CC(=O)Nc2cc(OC)c(OC)c(OC)c2)cc1. The predicted molar refractivity (Wildman–Crippen MR) is 106 cm³/mol. The van der Waals surface area contributed by atoms with Gasteiger partial charge in [0.05, 0.1) is 27.9 Å². The van der Waals surface area contributed by atoms with Gasteiger partial charge in [-0.2, -0.15) is 0 Å². The summed E-state index contributed by atoms with van der Waals surface area (Å²) in [6.07, 6.45) is -0.343. The molecular formula is C20H24N2O6. The van der Waals surface area contributed by atoms with Crippen molar-refractivity contribution in [3.05, 3.63) is 36.4 Å². The lowest BCUT2D eigenvalue weighted by atomic mass is 10.2. The summed E-state index contributed by atoms with van der Waals surface area (Å²) in [5.74, 6) is 1.01. The molecule has 28 heavy (non-hydrogen) atoms. The Balaban J connectivity index is 1.98. The van der Waals surface area contributed by atoms with Crippen LogP contribution < -0.4 is 29.6 Å². The molecule has 2 N–H and O–H groups in total. The summed E-state index contributed by atoms with van der Waals surface area (Å²) in [4.78, 5) is 24.3. The van der Waals surface area contributed by atoms with Crippen LogP contribution in [0.15, 0.2) is 36.4 Å². The van der Waals surface area contributed by atoms with E-state index in [4.69, 9.17) is 18.9 Å². The summed E-state index contributed by atoms with van der Waals surface area (Å²) in [5.41, 5.74) is 1.00. The third kappa shape index (κ3) is 5.54. The van der Waals surface area contributed by atoms with Crippen LogP contribution in [-0.4, -0.2) is 39.8 Å². The van der Waals surface area contributed by atoms with Gasteiger partial charge in [0.2, 0.25) is 17.6 Å². The zero-order chi connectivity index (χ0) is 20.5. The lowest BCUT2D eigenvalue weighted by Gasteiger charge is -2.14. The van der Waals surface area contributed by atoms with Gasteiger partial charge in [-0.25, -0.2) is 0 Å². The van der Waals surface area contributed by atoms with Crippen molar-refractivity contribution < 1.29 is 28.5 Å². The third-order valence-corrected chi connectivity index (χ3v) is 3.72. The molecule has 0 saturated carbocycles. The van der Waals surface area contributed by atoms with Gasteiger partial charge in [-0.05, 0) is 31.2 Å². The first-order chi connectivity index (χ1) is 13.5. The van der Waals surface area contributed by atoms with E-state index in [1.54, 1.807) is 36.4 Å². The Morgan fingerprint density at radius 3 is 1.82 bits per heavy atom. The molecule has 2 aromatic rings. The molecule has 0 atom stereocenters. The number of methoxy groups -OCH3 is 3. The van der Waals surface area contributed by atoms with E-state index in [2.05, 4.69) is 10.6 Å². The molecule has 0 radical (unpaired) electrons. The van der Waals surface area contributed by atoms with Gasteiger partial charge < -0.3 is 29.6 Å². The predicted octanol–water partition coefficient (Wildman–Crippen LogP) is 3.08. The van der Waals surface area contributed by atoms with Crippen LogP contribution in [0.4, 0.5) is 11.4 Å². The molecule has 0 aliphatic carbocycles. The monoisotopic (exact) mass is 388 g/mol. The number of rotatable bonds is 9. The van der Waals surface area contributed by atoms with E-state index in [9.17, 15) is 9.59 Å². The van der Waals surface area contributed by atoms with Crippen molar-refractivity contribution in [3.63, 3.8) is 0 Å². The van der Waals surface area contributed by atoms with Crippen molar-refractivity contribution in [2.45, 2.75) is 13.3 Å². The van der Waals surface area contributed by atoms with Crippen molar-refractivity contribution in [3.8, 4) is 23.0 Å². The molecule has 2 aromatic carbocycles. The molecule has 0 fully saturated rings. The van der Waals surface area contributed by atoms with Gasteiger partial charge in [-0.3, -0.25) is 9.59 Å². The zero-order valence-electron chi connectivity index (χ0n) is 16.3. The summed E-state index contributed by atoms with van der Waals surface area (Å²) in [6, 6.07) is 10.1. The highest BCUT2D eigenvalue weighted by Crippen LogP contribution is 2.39. The van der Waals surface area contributed by atoms with Crippen molar-refractivity contribution in [2.24, 2.45) is 0 Å². The first-order valence-electron chi connectivity index (χ1n) is 8.63. The fraction of sp³-hybridized carbons (Fsp3) is 0.300. The molecule has 0 aliphatic heterocycles. The first kappa shape index (κ1) is 20.9. The van der Waals surface area contributed by atoms with Gasteiger partial charge in [0.15, 0.2) is 11.5 Å². The number of ether oxygens (including phenoxy) is 4. The molecule has 150 valence electrons. The Morgan fingerprint density at radius 2 is 1.36 bits per heavy atom. The second-order valence-corrected chi connectivity index (χ2v) is 5.64. The summed E-state index contributed by atoms with van der Waals surface area (Å²) >= 11 is 0. The van der Waals surface area contributed by atoms with E-state index in [0.717, 1.165) is 0 Å². The largest absolute Gasteiger partial charge is 0.494 e. The molecule has 0 saturated heterocycles. The number of anilines is 2. The number of nitrogens with one attached hydrogen (secondary N) is 2. The van der Waals surface area contributed by atoms with Gasteiger partial charge in [0, 0.05) is 23.5 Å². The summed E-state index contributed by atoms with van der Waals surface area (Å²) in [5, 5.41) is 5.32. The highest BCUT2D eigenvalue weighted by Gasteiger charge is 2.16. The van der Waals surface area contributed by atoms with E-state index in [1.807, 2.05) is 6.92 Å². The molecule has 2 amide bonds. The Bertz CT molecular complexity index is 795. The van der Waals surface area contributed by atoms with Crippen molar-refractivity contribution in [1.29, 1.82) is 0 Å². The maximum Gasteiger partial charge on any atom is 0.233 e. The van der Waals surface area contributed by atoms with Crippen molar-refractivity contribution in [1.82, 2.24) is 0 Å². The lowest BCUT2D eigenvalue weighted by Crippen LogP contribution is -2.21. The summed E-state index contributed by atoms with van der Waals surface area (Å²) < 4.78 is 21.1. The lowest BCUT2D eigenvalue weighted by molar-refractivity contribution is -0.123. The average Bonchev–Trinajstić information content (AvgIpc) is 2.68. The van der Waals surface area contributed by atoms with Crippen LogP contribution in [-0.2, 0) is 9.59 Å². The first-order valence-corrected chi connectivity index (χ1v) is 8.63. The normalized spacial score (nSPS) is 10.0. The maximum atomic E-state index is 12.2. The quantitative estimate of drug-likeness (QED) is 0.641. The maximum absolute atomic E-state index is 12.2. The molecule has 0 spiro atoms. The molecule has 0 unspecified atom stereocenters. The Morgan fingerprint density at radius 1 is 0.821 bits per heavy atom. The van der Waals surface area contributed by atoms with E-state index in [1.165, 1.54) is 21.3 Å². The van der Waals surface area contributed by atoms with E-state index in [-0.39, 0.29) is 6.42 Å². The Labute approximate surface area is 163 Å². The van der Waals surface area contributed by atoms with Crippen LogP contribution in [0.1, 0.15) is 13.3 Å². The number of carbonyl (C=O) groups is 2. The minimum atomic E-state index is -0.474. The molecule has 0 heterocycles. The van der Waals surface area contributed by atoms with Crippen LogP contribution in [0, 0.1) is 0 Å². The topological polar surface area (TPSA) is 95.1 Å². The minimum absolute atomic E-state index is 0.343. The molecule has 2 rings (SSSR count). The standard InChI is InChI=1S/C20H24N2O6/c1-5-28-15-8-6-13(7-9-15)21-18(23)12-19(24)22-14-10-16(25-2)20(27-4)17(11-14)26-3/h6-11H,5,12H2,1-4H3,(H,21,23)(H,22,24). The molecule has 0 aromatic heterocycles. The number of hydrogen-bond donors (Lipinski definition) is 2. The van der Waals surface area contributed by atoms with Gasteiger partial charge in [0.25, 0.3) is 0 Å². The highest BCUT2D eigenvalue weighted by atomic mass is 16.5. The fourth-order valence-corrected chi connectivity index (χ4v) is 2.51. The van der Waals surface area contributed by atoms with Gasteiger partial charge in [0.1, 0.15) is 12.2 Å². The van der Waals surface area contributed by atoms with Crippen molar-refractivity contribution in [2.75, 3.05) is 38.6 Å². The summed E-state index contributed by atoms with van der Waals surface area (Å²) in [7, 11) is 4.45. The van der Waals surface area contributed by atoms with Gasteiger partial charge in [-0.1, -0.05) is 0 Å². The Hall–Kier alpha value is -3.42. The molecule has 8 heteroatoms. The number of carbonyl (C=O) groups excluding carboxylic acids is 2. The van der Waals surface area contributed by atoms with Crippen LogP contribution in [0.5, 0.6) is 23.0 Å². The second-order valence-electron chi connectivity index (χ2n) is 5.64. The smallest absolute Gasteiger partial charge is 0.233 e. The van der Waals surface area contributed by atoms with Crippen LogP contribution in [0.3, 0.4) is 0 Å². The zero-order valence-corrected chi connectivity index (χ0v) is 16.3. The molecule has 8 nitrogen and oxygen atoms in total. The second kappa shape index (κ2) is 10.1. The van der Waals surface area contributed by atoms with Crippen LogP contribution >= 0.6 is 0 Å². The molecule has 0 bridgehead atoms. The average molecular weight is 388 g/mol. The fourth-order valence-electron chi connectivity index (χ4n) is 2.51. The summed E-state index contributed by atoms with van der Waals surface area (Å²) in [6.45, 7) is 2.45.